The highest BCUT2D eigenvalue weighted by Crippen LogP contribution is 2.24. The van der Waals surface area contributed by atoms with Gasteiger partial charge in [-0.05, 0) is 27.2 Å². The molecule has 0 spiro atoms. The molecule has 0 saturated carbocycles. The van der Waals surface area contributed by atoms with Gasteiger partial charge in [-0.15, -0.1) is 0 Å². The first-order chi connectivity index (χ1) is 9.44. The van der Waals surface area contributed by atoms with Gasteiger partial charge in [-0.2, -0.15) is 0 Å². The van der Waals surface area contributed by atoms with Crippen LogP contribution in [0.4, 0.5) is 5.82 Å². The molecule has 1 saturated heterocycles. The summed E-state index contributed by atoms with van der Waals surface area (Å²) >= 11 is 0. The molecule has 2 rings (SSSR count). The molecule has 20 heavy (non-hydrogen) atoms. The van der Waals surface area contributed by atoms with Crippen LogP contribution in [-0.2, 0) is 14.3 Å². The summed E-state index contributed by atoms with van der Waals surface area (Å²) in [6.07, 6.45) is 2.48. The standard InChI is InChI=1S/C14H21N3O3/c1-14(2,3)20-13(18)7-15-12-6-11(16-9-17-12)10-4-5-19-8-10/h6,9-10H,4-5,7-8H2,1-3H3,(H,15,16,17). The Morgan fingerprint density at radius 2 is 2.30 bits per heavy atom. The number of carbonyl (C=O) groups is 1. The molecule has 0 bridgehead atoms. The van der Waals surface area contributed by atoms with E-state index in [-0.39, 0.29) is 12.5 Å². The van der Waals surface area contributed by atoms with Gasteiger partial charge in [0.1, 0.15) is 24.3 Å². The molecule has 0 aliphatic carbocycles. The Bertz CT molecular complexity index is 465. The average molecular weight is 279 g/mol. The molecule has 6 nitrogen and oxygen atoms in total. The fraction of sp³-hybridized carbons (Fsp3) is 0.643. The van der Waals surface area contributed by atoms with Crippen LogP contribution in [-0.4, -0.2) is 41.3 Å². The zero-order valence-corrected chi connectivity index (χ0v) is 12.2. The smallest absolute Gasteiger partial charge is 0.325 e. The van der Waals surface area contributed by atoms with E-state index in [9.17, 15) is 4.79 Å². The second-order valence-electron chi connectivity index (χ2n) is 5.83. The minimum Gasteiger partial charge on any atom is -0.459 e. The van der Waals surface area contributed by atoms with Gasteiger partial charge in [0.2, 0.25) is 0 Å². The molecule has 0 radical (unpaired) electrons. The summed E-state index contributed by atoms with van der Waals surface area (Å²) in [5.41, 5.74) is 0.473. The summed E-state index contributed by atoms with van der Waals surface area (Å²) in [5.74, 6) is 0.648. The number of rotatable bonds is 4. The molecule has 1 aliphatic heterocycles. The van der Waals surface area contributed by atoms with Gasteiger partial charge in [0, 0.05) is 18.6 Å². The van der Waals surface area contributed by atoms with Crippen molar-refractivity contribution in [1.82, 2.24) is 9.97 Å². The number of aromatic nitrogens is 2. The van der Waals surface area contributed by atoms with Crippen molar-refractivity contribution in [2.75, 3.05) is 25.1 Å². The quantitative estimate of drug-likeness (QED) is 0.846. The van der Waals surface area contributed by atoms with Crippen LogP contribution >= 0.6 is 0 Å². The third-order valence-corrected chi connectivity index (χ3v) is 2.87. The fourth-order valence-corrected chi connectivity index (χ4v) is 2.00. The van der Waals surface area contributed by atoms with Crippen LogP contribution in [0.25, 0.3) is 0 Å². The average Bonchev–Trinajstić information content (AvgIpc) is 2.88. The van der Waals surface area contributed by atoms with Crippen molar-refractivity contribution >= 4 is 11.8 Å². The lowest BCUT2D eigenvalue weighted by Crippen LogP contribution is -2.28. The molecule has 6 heteroatoms. The molecule has 1 unspecified atom stereocenters. The number of ether oxygens (including phenoxy) is 2. The number of nitrogens with zero attached hydrogens (tertiary/aromatic N) is 2. The van der Waals surface area contributed by atoms with Gasteiger partial charge in [0.15, 0.2) is 0 Å². The SMILES string of the molecule is CC(C)(C)OC(=O)CNc1cc(C2CCOC2)ncn1. The highest BCUT2D eigenvalue weighted by Gasteiger charge is 2.20. The first-order valence-electron chi connectivity index (χ1n) is 6.79. The van der Waals surface area contributed by atoms with Crippen LogP contribution < -0.4 is 5.32 Å². The Hall–Kier alpha value is -1.69. The van der Waals surface area contributed by atoms with Gasteiger partial charge >= 0.3 is 5.97 Å². The zero-order chi connectivity index (χ0) is 14.6. The molecule has 1 atom stereocenters. The second-order valence-corrected chi connectivity index (χ2v) is 5.83. The molecule has 0 amide bonds. The summed E-state index contributed by atoms with van der Waals surface area (Å²) in [4.78, 5) is 20.0. The monoisotopic (exact) mass is 279 g/mol. The van der Waals surface area contributed by atoms with Crippen molar-refractivity contribution < 1.29 is 14.3 Å². The molecule has 1 aliphatic rings. The molecule has 110 valence electrons. The van der Waals surface area contributed by atoms with Crippen LogP contribution in [0.15, 0.2) is 12.4 Å². The Kier molecular flexibility index (Phi) is 4.54. The molecule has 1 N–H and O–H groups in total. The fourth-order valence-electron chi connectivity index (χ4n) is 2.00. The van der Waals surface area contributed by atoms with Crippen molar-refractivity contribution in [1.29, 1.82) is 0 Å². The van der Waals surface area contributed by atoms with E-state index < -0.39 is 5.60 Å². The summed E-state index contributed by atoms with van der Waals surface area (Å²) in [6, 6.07) is 1.86. The van der Waals surface area contributed by atoms with E-state index in [0.29, 0.717) is 18.3 Å². The van der Waals surface area contributed by atoms with Crippen molar-refractivity contribution in [3.63, 3.8) is 0 Å². The highest BCUT2D eigenvalue weighted by molar-refractivity contribution is 5.74. The van der Waals surface area contributed by atoms with Crippen LogP contribution in [0, 0.1) is 0 Å². The van der Waals surface area contributed by atoms with Gasteiger partial charge in [0.25, 0.3) is 0 Å². The topological polar surface area (TPSA) is 73.3 Å². The van der Waals surface area contributed by atoms with E-state index in [1.165, 1.54) is 6.33 Å². The van der Waals surface area contributed by atoms with E-state index >= 15 is 0 Å². The maximum absolute atomic E-state index is 11.6. The zero-order valence-electron chi connectivity index (χ0n) is 12.2. The normalized spacial score (nSPS) is 18.9. The summed E-state index contributed by atoms with van der Waals surface area (Å²) in [6.45, 7) is 7.09. The predicted molar refractivity (Wildman–Crippen MR) is 74.5 cm³/mol. The largest absolute Gasteiger partial charge is 0.459 e. The summed E-state index contributed by atoms with van der Waals surface area (Å²) in [7, 11) is 0. The number of anilines is 1. The number of hydrogen-bond acceptors (Lipinski definition) is 6. The lowest BCUT2D eigenvalue weighted by molar-refractivity contribution is -0.152. The van der Waals surface area contributed by atoms with E-state index in [0.717, 1.165) is 18.7 Å². The van der Waals surface area contributed by atoms with Crippen LogP contribution in [0.1, 0.15) is 38.8 Å². The Morgan fingerprint density at radius 3 is 2.95 bits per heavy atom. The highest BCUT2D eigenvalue weighted by atomic mass is 16.6. The van der Waals surface area contributed by atoms with Gasteiger partial charge in [-0.1, -0.05) is 0 Å². The Morgan fingerprint density at radius 1 is 1.50 bits per heavy atom. The molecule has 1 aromatic heterocycles. The van der Waals surface area contributed by atoms with Crippen LogP contribution in [0.2, 0.25) is 0 Å². The molecular weight excluding hydrogens is 258 g/mol. The van der Waals surface area contributed by atoms with E-state index in [4.69, 9.17) is 9.47 Å². The van der Waals surface area contributed by atoms with E-state index in [2.05, 4.69) is 15.3 Å². The van der Waals surface area contributed by atoms with Crippen molar-refractivity contribution in [2.45, 2.75) is 38.7 Å². The summed E-state index contributed by atoms with van der Waals surface area (Å²) < 4.78 is 10.6. The van der Waals surface area contributed by atoms with Gasteiger partial charge in [-0.25, -0.2) is 9.97 Å². The minimum absolute atomic E-state index is 0.0922. The predicted octanol–water partition coefficient (Wildman–Crippen LogP) is 1.73. The van der Waals surface area contributed by atoms with Gasteiger partial charge in [0.05, 0.1) is 12.3 Å². The third kappa shape index (κ3) is 4.45. The van der Waals surface area contributed by atoms with Crippen molar-refractivity contribution in [3.8, 4) is 0 Å². The minimum atomic E-state index is -0.475. The van der Waals surface area contributed by atoms with E-state index in [1.54, 1.807) is 0 Å². The van der Waals surface area contributed by atoms with Crippen molar-refractivity contribution in [2.24, 2.45) is 0 Å². The Labute approximate surface area is 118 Å². The maximum Gasteiger partial charge on any atom is 0.325 e. The van der Waals surface area contributed by atoms with Gasteiger partial charge < -0.3 is 14.8 Å². The molecule has 1 aromatic rings. The number of nitrogens with one attached hydrogen (secondary N) is 1. The molecule has 1 fully saturated rings. The van der Waals surface area contributed by atoms with Crippen LogP contribution in [0.3, 0.4) is 0 Å². The van der Waals surface area contributed by atoms with Crippen molar-refractivity contribution in [3.05, 3.63) is 18.1 Å². The number of carbonyl (C=O) groups excluding carboxylic acids is 1. The second kappa shape index (κ2) is 6.17. The first-order valence-corrected chi connectivity index (χ1v) is 6.79. The lowest BCUT2D eigenvalue weighted by Gasteiger charge is -2.19. The van der Waals surface area contributed by atoms with Gasteiger partial charge in [-0.3, -0.25) is 4.79 Å². The van der Waals surface area contributed by atoms with Crippen LogP contribution in [0.5, 0.6) is 0 Å². The molecule has 0 aromatic carbocycles. The Balaban J connectivity index is 1.90. The summed E-state index contributed by atoms with van der Waals surface area (Å²) in [5, 5.41) is 2.96. The molecule has 2 heterocycles. The first kappa shape index (κ1) is 14.7. The number of hydrogen-bond donors (Lipinski definition) is 1. The van der Waals surface area contributed by atoms with E-state index in [1.807, 2.05) is 26.8 Å². The lowest BCUT2D eigenvalue weighted by atomic mass is 10.1. The maximum atomic E-state index is 11.6. The third-order valence-electron chi connectivity index (χ3n) is 2.87. The number of esters is 1. The molecular formula is C14H21N3O3.